The molecule has 0 aromatic heterocycles. The maximum absolute atomic E-state index is 3.39. The lowest BCUT2D eigenvalue weighted by atomic mass is 9.97. The minimum atomic E-state index is 0.280. The Balaban J connectivity index is 2.23. The number of aryl methyl sites for hydroxylation is 1. The van der Waals surface area contributed by atoms with Gasteiger partial charge in [0.2, 0.25) is 0 Å². The highest BCUT2D eigenvalue weighted by Crippen LogP contribution is 2.22. The second-order valence-corrected chi connectivity index (χ2v) is 4.62. The van der Waals surface area contributed by atoms with Gasteiger partial charge in [0.25, 0.3) is 0 Å². The molecule has 2 aromatic rings. The third-order valence-electron chi connectivity index (χ3n) is 3.27. The third-order valence-corrected chi connectivity index (χ3v) is 3.27. The molecule has 2 aromatic carbocycles. The van der Waals surface area contributed by atoms with E-state index < -0.39 is 0 Å². The lowest BCUT2D eigenvalue weighted by molar-refractivity contribution is 0.691. The Morgan fingerprint density at radius 3 is 2.06 bits per heavy atom. The van der Waals surface area contributed by atoms with E-state index in [4.69, 9.17) is 0 Å². The van der Waals surface area contributed by atoms with Gasteiger partial charge in [-0.25, -0.2) is 0 Å². The van der Waals surface area contributed by atoms with Gasteiger partial charge in [0.15, 0.2) is 0 Å². The van der Waals surface area contributed by atoms with Crippen LogP contribution in [-0.4, -0.2) is 7.05 Å². The molecule has 1 nitrogen and oxygen atoms in total. The zero-order chi connectivity index (χ0) is 12.8. The van der Waals surface area contributed by atoms with Crippen molar-refractivity contribution >= 4 is 0 Å². The van der Waals surface area contributed by atoms with E-state index in [1.165, 1.54) is 23.1 Å². The molecule has 0 aliphatic carbocycles. The van der Waals surface area contributed by atoms with E-state index in [2.05, 4.69) is 66.8 Å². The van der Waals surface area contributed by atoms with Crippen LogP contribution in [0.2, 0.25) is 0 Å². The lowest BCUT2D eigenvalue weighted by Gasteiger charge is -2.17. The van der Waals surface area contributed by atoms with E-state index >= 15 is 0 Å². The molecule has 0 radical (unpaired) electrons. The maximum Gasteiger partial charge on any atom is 0.0574 e. The quantitative estimate of drug-likeness (QED) is 0.833. The van der Waals surface area contributed by atoms with Gasteiger partial charge in [0.1, 0.15) is 0 Å². The number of rotatable bonds is 5. The van der Waals surface area contributed by atoms with Crippen LogP contribution in [0.4, 0.5) is 0 Å². The molecule has 0 saturated carbocycles. The molecule has 1 unspecified atom stereocenters. The highest BCUT2D eigenvalue weighted by Gasteiger charge is 2.10. The van der Waals surface area contributed by atoms with Crippen LogP contribution in [0.1, 0.15) is 36.1 Å². The third kappa shape index (κ3) is 2.99. The lowest BCUT2D eigenvalue weighted by Crippen LogP contribution is -2.17. The van der Waals surface area contributed by atoms with Crippen molar-refractivity contribution in [3.05, 3.63) is 71.3 Å². The Morgan fingerprint density at radius 1 is 0.889 bits per heavy atom. The SMILES string of the molecule is CCCc1ccc(C(NC)c2ccccc2)cc1. The van der Waals surface area contributed by atoms with Crippen LogP contribution in [0, 0.1) is 0 Å². The van der Waals surface area contributed by atoms with Crippen LogP contribution in [0.5, 0.6) is 0 Å². The fraction of sp³-hybridized carbons (Fsp3) is 0.294. The molecule has 0 amide bonds. The van der Waals surface area contributed by atoms with Crippen LogP contribution in [-0.2, 0) is 6.42 Å². The molecular weight excluding hydrogens is 218 g/mol. The van der Waals surface area contributed by atoms with Gasteiger partial charge < -0.3 is 5.32 Å². The summed E-state index contributed by atoms with van der Waals surface area (Å²) in [5, 5.41) is 3.39. The Morgan fingerprint density at radius 2 is 1.50 bits per heavy atom. The van der Waals surface area contributed by atoms with Gasteiger partial charge >= 0.3 is 0 Å². The topological polar surface area (TPSA) is 12.0 Å². The van der Waals surface area contributed by atoms with Crippen molar-refractivity contribution in [1.29, 1.82) is 0 Å². The summed E-state index contributed by atoms with van der Waals surface area (Å²) in [6, 6.07) is 19.8. The zero-order valence-corrected chi connectivity index (χ0v) is 11.2. The minimum Gasteiger partial charge on any atom is -0.309 e. The van der Waals surface area contributed by atoms with Crippen molar-refractivity contribution in [3.8, 4) is 0 Å². The van der Waals surface area contributed by atoms with Crippen molar-refractivity contribution in [2.24, 2.45) is 0 Å². The smallest absolute Gasteiger partial charge is 0.0574 e. The van der Waals surface area contributed by atoms with Crippen LogP contribution >= 0.6 is 0 Å². The normalized spacial score (nSPS) is 12.3. The van der Waals surface area contributed by atoms with Crippen molar-refractivity contribution < 1.29 is 0 Å². The number of hydrogen-bond donors (Lipinski definition) is 1. The fourth-order valence-electron chi connectivity index (χ4n) is 2.34. The molecule has 0 aliphatic heterocycles. The number of benzene rings is 2. The zero-order valence-electron chi connectivity index (χ0n) is 11.2. The molecule has 0 aliphatic rings. The van der Waals surface area contributed by atoms with Crippen LogP contribution < -0.4 is 5.32 Å². The molecule has 1 heteroatoms. The summed E-state index contributed by atoms with van der Waals surface area (Å²) < 4.78 is 0. The van der Waals surface area contributed by atoms with Gasteiger partial charge in [-0.05, 0) is 30.2 Å². The van der Waals surface area contributed by atoms with Crippen molar-refractivity contribution in [3.63, 3.8) is 0 Å². The maximum atomic E-state index is 3.39. The molecule has 18 heavy (non-hydrogen) atoms. The first-order chi connectivity index (χ1) is 8.85. The first-order valence-corrected chi connectivity index (χ1v) is 6.66. The summed E-state index contributed by atoms with van der Waals surface area (Å²) in [5.74, 6) is 0. The molecule has 0 heterocycles. The van der Waals surface area contributed by atoms with Gasteiger partial charge in [-0.1, -0.05) is 67.9 Å². The van der Waals surface area contributed by atoms with Crippen LogP contribution in [0.25, 0.3) is 0 Å². The monoisotopic (exact) mass is 239 g/mol. The molecule has 1 atom stereocenters. The van der Waals surface area contributed by atoms with Gasteiger partial charge in [0, 0.05) is 0 Å². The van der Waals surface area contributed by atoms with E-state index in [0.29, 0.717) is 0 Å². The van der Waals surface area contributed by atoms with Crippen molar-refractivity contribution in [2.45, 2.75) is 25.8 Å². The Kier molecular flexibility index (Phi) is 4.54. The molecule has 0 spiro atoms. The largest absolute Gasteiger partial charge is 0.309 e. The van der Waals surface area contributed by atoms with E-state index in [-0.39, 0.29) is 6.04 Å². The molecule has 1 N–H and O–H groups in total. The Bertz CT molecular complexity index is 459. The Hall–Kier alpha value is -1.60. The molecule has 0 fully saturated rings. The van der Waals surface area contributed by atoms with Crippen LogP contribution in [0.15, 0.2) is 54.6 Å². The van der Waals surface area contributed by atoms with Gasteiger partial charge in [0.05, 0.1) is 6.04 Å². The van der Waals surface area contributed by atoms with Gasteiger partial charge in [-0.2, -0.15) is 0 Å². The van der Waals surface area contributed by atoms with Gasteiger partial charge in [-0.15, -0.1) is 0 Å². The standard InChI is InChI=1S/C17H21N/c1-3-7-14-10-12-16(13-11-14)17(18-2)15-8-5-4-6-9-15/h4-6,8-13,17-18H,3,7H2,1-2H3. The summed E-state index contributed by atoms with van der Waals surface area (Å²) >= 11 is 0. The Labute approximate surface area is 110 Å². The number of hydrogen-bond acceptors (Lipinski definition) is 1. The first-order valence-electron chi connectivity index (χ1n) is 6.66. The summed E-state index contributed by atoms with van der Waals surface area (Å²) in [6.07, 6.45) is 2.36. The summed E-state index contributed by atoms with van der Waals surface area (Å²) in [7, 11) is 2.01. The molecule has 2 rings (SSSR count). The molecule has 0 saturated heterocycles. The number of nitrogens with one attached hydrogen (secondary N) is 1. The highest BCUT2D eigenvalue weighted by molar-refractivity contribution is 5.33. The van der Waals surface area contributed by atoms with E-state index in [9.17, 15) is 0 Å². The average Bonchev–Trinajstić information content (AvgIpc) is 2.43. The van der Waals surface area contributed by atoms with E-state index in [1.807, 2.05) is 7.05 Å². The van der Waals surface area contributed by atoms with Crippen molar-refractivity contribution in [1.82, 2.24) is 5.32 Å². The summed E-state index contributed by atoms with van der Waals surface area (Å²) in [4.78, 5) is 0. The van der Waals surface area contributed by atoms with E-state index in [0.717, 1.165) is 6.42 Å². The minimum absolute atomic E-state index is 0.280. The summed E-state index contributed by atoms with van der Waals surface area (Å²) in [5.41, 5.74) is 4.05. The first kappa shape index (κ1) is 12.8. The second kappa shape index (κ2) is 6.36. The predicted octanol–water partition coefficient (Wildman–Crippen LogP) is 3.95. The molecule has 0 bridgehead atoms. The molecule has 94 valence electrons. The second-order valence-electron chi connectivity index (χ2n) is 4.62. The van der Waals surface area contributed by atoms with Gasteiger partial charge in [-0.3, -0.25) is 0 Å². The van der Waals surface area contributed by atoms with Crippen molar-refractivity contribution in [2.75, 3.05) is 7.05 Å². The summed E-state index contributed by atoms with van der Waals surface area (Å²) in [6.45, 7) is 2.22. The van der Waals surface area contributed by atoms with E-state index in [1.54, 1.807) is 0 Å². The highest BCUT2D eigenvalue weighted by atomic mass is 14.9. The predicted molar refractivity (Wildman–Crippen MR) is 77.8 cm³/mol. The fourth-order valence-corrected chi connectivity index (χ4v) is 2.34. The van der Waals surface area contributed by atoms with Crippen LogP contribution in [0.3, 0.4) is 0 Å². The molecular formula is C17H21N. The average molecular weight is 239 g/mol.